The van der Waals surface area contributed by atoms with Crippen molar-refractivity contribution in [2.24, 2.45) is 0 Å². The normalized spacial score (nSPS) is 19.4. The Kier molecular flexibility index (Phi) is 4.39. The second kappa shape index (κ2) is 6.05. The molecular formula is C15H20N2O3. The molecule has 5 heteroatoms. The van der Waals surface area contributed by atoms with Gasteiger partial charge in [0.05, 0.1) is 13.2 Å². The molecule has 0 spiro atoms. The van der Waals surface area contributed by atoms with Crippen molar-refractivity contribution in [2.45, 2.75) is 32.4 Å². The summed E-state index contributed by atoms with van der Waals surface area (Å²) in [5, 5.41) is 3.22. The van der Waals surface area contributed by atoms with E-state index in [1.807, 2.05) is 25.1 Å². The average Bonchev–Trinajstić information content (AvgIpc) is 2.44. The van der Waals surface area contributed by atoms with Gasteiger partial charge in [0.15, 0.2) is 0 Å². The Bertz CT molecular complexity index is 528. The van der Waals surface area contributed by atoms with Gasteiger partial charge in [-0.3, -0.25) is 14.5 Å². The second-order valence-electron chi connectivity index (χ2n) is 5.08. The van der Waals surface area contributed by atoms with Gasteiger partial charge in [-0.05, 0) is 19.4 Å². The number of benzene rings is 1. The van der Waals surface area contributed by atoms with Crippen LogP contribution in [0, 0.1) is 6.92 Å². The highest BCUT2D eigenvalue weighted by molar-refractivity contribution is 6.00. The van der Waals surface area contributed by atoms with Crippen molar-refractivity contribution in [3.05, 3.63) is 29.3 Å². The number of piperidine rings is 1. The largest absolute Gasteiger partial charge is 0.496 e. The fourth-order valence-corrected chi connectivity index (χ4v) is 2.38. The lowest BCUT2D eigenvalue weighted by Crippen LogP contribution is -2.51. The van der Waals surface area contributed by atoms with Crippen molar-refractivity contribution in [1.82, 2.24) is 10.2 Å². The third-order valence-electron chi connectivity index (χ3n) is 3.62. The number of methoxy groups -OCH3 is 1. The van der Waals surface area contributed by atoms with Crippen LogP contribution in [0.2, 0.25) is 0 Å². The van der Waals surface area contributed by atoms with Crippen LogP contribution in [0.25, 0.3) is 0 Å². The molecule has 1 N–H and O–H groups in total. The van der Waals surface area contributed by atoms with Crippen molar-refractivity contribution >= 4 is 11.8 Å². The molecule has 1 aromatic carbocycles. The Morgan fingerprint density at radius 1 is 1.40 bits per heavy atom. The number of nitrogens with one attached hydrogen (secondary N) is 1. The molecule has 5 nitrogen and oxygen atoms in total. The van der Waals surface area contributed by atoms with Gasteiger partial charge in [0, 0.05) is 25.6 Å². The molecule has 1 atom stereocenters. The molecule has 1 aliphatic rings. The van der Waals surface area contributed by atoms with Gasteiger partial charge in [0.1, 0.15) is 5.75 Å². The third-order valence-corrected chi connectivity index (χ3v) is 3.62. The first kappa shape index (κ1) is 14.5. The molecule has 1 aromatic rings. The van der Waals surface area contributed by atoms with Crippen LogP contribution in [0.1, 0.15) is 24.0 Å². The number of nitrogens with zero attached hydrogens (tertiary/aromatic N) is 1. The molecule has 0 aliphatic carbocycles. The molecule has 108 valence electrons. The molecule has 1 heterocycles. The zero-order valence-corrected chi connectivity index (χ0v) is 12.1. The van der Waals surface area contributed by atoms with Crippen LogP contribution in [0.4, 0.5) is 0 Å². The summed E-state index contributed by atoms with van der Waals surface area (Å²) in [5.41, 5.74) is 2.16. The fraction of sp³-hybridized carbons (Fsp3) is 0.467. The Morgan fingerprint density at radius 3 is 2.85 bits per heavy atom. The van der Waals surface area contributed by atoms with Gasteiger partial charge in [0.25, 0.3) is 0 Å². The Balaban J connectivity index is 2.04. The first-order chi connectivity index (χ1) is 9.52. The number of ether oxygens (including phenoxy) is 1. The van der Waals surface area contributed by atoms with Crippen molar-refractivity contribution in [3.63, 3.8) is 0 Å². The summed E-state index contributed by atoms with van der Waals surface area (Å²) in [7, 11) is 3.16. The van der Waals surface area contributed by atoms with Crippen LogP contribution in [-0.4, -0.2) is 36.9 Å². The summed E-state index contributed by atoms with van der Waals surface area (Å²) in [6.45, 7) is 2.56. The lowest BCUT2D eigenvalue weighted by atomic mass is 10.0. The SMILES string of the molecule is COc1ccc(C)cc1CNC1CCC(=O)N(C)C1=O. The summed E-state index contributed by atoms with van der Waals surface area (Å²) in [4.78, 5) is 24.6. The average molecular weight is 276 g/mol. The first-order valence-corrected chi connectivity index (χ1v) is 6.70. The highest BCUT2D eigenvalue weighted by Gasteiger charge is 2.31. The predicted octanol–water partition coefficient (Wildman–Crippen LogP) is 1.24. The molecule has 0 aromatic heterocycles. The summed E-state index contributed by atoms with van der Waals surface area (Å²) in [5.74, 6) is 0.532. The zero-order valence-electron chi connectivity index (χ0n) is 12.1. The van der Waals surface area contributed by atoms with E-state index in [0.29, 0.717) is 19.4 Å². The number of likely N-dealkylation sites (N-methyl/N-ethyl adjacent to an activating group) is 1. The van der Waals surface area contributed by atoms with E-state index in [1.54, 1.807) is 7.11 Å². The van der Waals surface area contributed by atoms with Crippen LogP contribution in [0.3, 0.4) is 0 Å². The predicted molar refractivity (Wildman–Crippen MR) is 75.4 cm³/mol. The fourth-order valence-electron chi connectivity index (χ4n) is 2.38. The number of hydrogen-bond donors (Lipinski definition) is 1. The van der Waals surface area contributed by atoms with E-state index < -0.39 is 0 Å². The molecular weight excluding hydrogens is 256 g/mol. The van der Waals surface area contributed by atoms with E-state index in [1.165, 1.54) is 11.9 Å². The highest BCUT2D eigenvalue weighted by Crippen LogP contribution is 2.20. The lowest BCUT2D eigenvalue weighted by molar-refractivity contribution is -0.148. The van der Waals surface area contributed by atoms with Gasteiger partial charge >= 0.3 is 0 Å². The van der Waals surface area contributed by atoms with Crippen molar-refractivity contribution in [3.8, 4) is 5.75 Å². The molecule has 1 fully saturated rings. The Morgan fingerprint density at radius 2 is 2.15 bits per heavy atom. The van der Waals surface area contributed by atoms with Gasteiger partial charge < -0.3 is 10.1 Å². The topological polar surface area (TPSA) is 58.6 Å². The summed E-state index contributed by atoms with van der Waals surface area (Å²) in [6.07, 6.45) is 0.959. The molecule has 0 bridgehead atoms. The maximum absolute atomic E-state index is 12.0. The summed E-state index contributed by atoms with van der Waals surface area (Å²) in [6, 6.07) is 5.64. The van der Waals surface area contributed by atoms with Gasteiger partial charge in [-0.1, -0.05) is 17.7 Å². The first-order valence-electron chi connectivity index (χ1n) is 6.70. The third kappa shape index (κ3) is 2.99. The van der Waals surface area contributed by atoms with E-state index in [-0.39, 0.29) is 17.9 Å². The summed E-state index contributed by atoms with van der Waals surface area (Å²) >= 11 is 0. The monoisotopic (exact) mass is 276 g/mol. The maximum atomic E-state index is 12.0. The number of rotatable bonds is 4. The number of amides is 2. The number of carbonyl (C=O) groups is 2. The smallest absolute Gasteiger partial charge is 0.246 e. The number of likely N-dealkylation sites (tertiary alicyclic amines) is 1. The number of imide groups is 1. The second-order valence-corrected chi connectivity index (χ2v) is 5.08. The highest BCUT2D eigenvalue weighted by atomic mass is 16.5. The lowest BCUT2D eigenvalue weighted by Gasteiger charge is -2.28. The van der Waals surface area contributed by atoms with E-state index >= 15 is 0 Å². The van der Waals surface area contributed by atoms with Crippen LogP contribution in [0.5, 0.6) is 5.75 Å². The van der Waals surface area contributed by atoms with Crippen molar-refractivity contribution in [2.75, 3.05) is 14.2 Å². The van der Waals surface area contributed by atoms with Gasteiger partial charge in [-0.2, -0.15) is 0 Å². The standard InChI is InChI=1S/C15H20N2O3/c1-10-4-6-13(20-3)11(8-10)9-16-12-5-7-14(18)17(2)15(12)19/h4,6,8,12,16H,5,7,9H2,1-3H3. The minimum Gasteiger partial charge on any atom is -0.496 e. The van der Waals surface area contributed by atoms with Crippen molar-refractivity contribution < 1.29 is 14.3 Å². The molecule has 0 radical (unpaired) electrons. The Labute approximate surface area is 118 Å². The summed E-state index contributed by atoms with van der Waals surface area (Å²) < 4.78 is 5.32. The van der Waals surface area contributed by atoms with E-state index in [4.69, 9.17) is 4.74 Å². The van der Waals surface area contributed by atoms with Crippen LogP contribution in [0.15, 0.2) is 18.2 Å². The Hall–Kier alpha value is -1.88. The number of carbonyl (C=O) groups excluding carboxylic acids is 2. The van der Waals surface area contributed by atoms with Gasteiger partial charge in [-0.15, -0.1) is 0 Å². The maximum Gasteiger partial charge on any atom is 0.246 e. The van der Waals surface area contributed by atoms with E-state index in [2.05, 4.69) is 5.32 Å². The van der Waals surface area contributed by atoms with Crippen LogP contribution < -0.4 is 10.1 Å². The van der Waals surface area contributed by atoms with Crippen LogP contribution >= 0.6 is 0 Å². The molecule has 0 saturated carbocycles. The zero-order chi connectivity index (χ0) is 14.7. The molecule has 1 unspecified atom stereocenters. The number of hydrogen-bond acceptors (Lipinski definition) is 4. The van der Waals surface area contributed by atoms with E-state index in [9.17, 15) is 9.59 Å². The number of aryl methyl sites for hydroxylation is 1. The van der Waals surface area contributed by atoms with E-state index in [0.717, 1.165) is 16.9 Å². The molecule has 2 amide bonds. The molecule has 1 aliphatic heterocycles. The van der Waals surface area contributed by atoms with Gasteiger partial charge in [-0.25, -0.2) is 0 Å². The molecule has 20 heavy (non-hydrogen) atoms. The quantitative estimate of drug-likeness (QED) is 0.841. The molecule has 2 rings (SSSR count). The van der Waals surface area contributed by atoms with Gasteiger partial charge in [0.2, 0.25) is 11.8 Å². The van der Waals surface area contributed by atoms with Crippen LogP contribution in [-0.2, 0) is 16.1 Å². The minimum absolute atomic E-state index is 0.110. The molecule has 1 saturated heterocycles. The van der Waals surface area contributed by atoms with Crippen molar-refractivity contribution in [1.29, 1.82) is 0 Å². The minimum atomic E-state index is -0.303.